The fraction of sp³-hybridized carbons (Fsp3) is 0.667. The van der Waals surface area contributed by atoms with Gasteiger partial charge in [0.1, 0.15) is 5.76 Å². The summed E-state index contributed by atoms with van der Waals surface area (Å²) in [5.41, 5.74) is 0. The first-order valence-electron chi connectivity index (χ1n) is 6.19. The topological polar surface area (TPSA) is 62.6 Å². The van der Waals surface area contributed by atoms with Crippen LogP contribution < -0.4 is 5.32 Å². The lowest BCUT2D eigenvalue weighted by atomic mass is 10.4. The van der Waals surface area contributed by atoms with Gasteiger partial charge in [-0.2, -0.15) is 16.1 Å². The minimum Gasteiger partial charge on any atom is -0.447 e. The Morgan fingerprint density at radius 3 is 2.74 bits per heavy atom. The molecule has 0 saturated heterocycles. The third-order valence-corrected chi connectivity index (χ3v) is 5.51. The predicted octanol–water partition coefficient (Wildman–Crippen LogP) is 1.76. The van der Waals surface area contributed by atoms with E-state index in [0.29, 0.717) is 12.3 Å². The minimum absolute atomic E-state index is 0.0101. The maximum Gasteiger partial charge on any atom is 0.276 e. The highest BCUT2D eigenvalue weighted by Gasteiger charge is 2.28. The van der Waals surface area contributed by atoms with Crippen molar-refractivity contribution in [3.63, 3.8) is 0 Å². The van der Waals surface area contributed by atoms with E-state index in [1.165, 1.54) is 10.4 Å². The van der Waals surface area contributed by atoms with Crippen LogP contribution in [0.4, 0.5) is 0 Å². The zero-order valence-corrected chi connectivity index (χ0v) is 13.5. The number of nitrogens with one attached hydrogen (secondary N) is 1. The highest BCUT2D eigenvalue weighted by molar-refractivity contribution is 7.98. The lowest BCUT2D eigenvalue weighted by molar-refractivity contribution is 0.364. The van der Waals surface area contributed by atoms with Crippen LogP contribution in [0.3, 0.4) is 0 Å². The second-order valence-electron chi connectivity index (χ2n) is 4.33. The van der Waals surface area contributed by atoms with Gasteiger partial charge < -0.3 is 9.73 Å². The van der Waals surface area contributed by atoms with Crippen LogP contribution in [0.25, 0.3) is 0 Å². The normalized spacial score (nSPS) is 13.9. The number of hydrogen-bond donors (Lipinski definition) is 1. The van der Waals surface area contributed by atoms with Gasteiger partial charge in [0.05, 0.1) is 6.54 Å². The van der Waals surface area contributed by atoms with Crippen LogP contribution in [0, 0.1) is 0 Å². The van der Waals surface area contributed by atoms with Gasteiger partial charge in [0.25, 0.3) is 10.0 Å². The first-order chi connectivity index (χ1) is 8.93. The Balaban J connectivity index is 2.84. The quantitative estimate of drug-likeness (QED) is 0.793. The van der Waals surface area contributed by atoms with E-state index < -0.39 is 10.0 Å². The van der Waals surface area contributed by atoms with Gasteiger partial charge in [-0.25, -0.2) is 8.42 Å². The number of hydrogen-bond acceptors (Lipinski definition) is 5. The Labute approximate surface area is 119 Å². The monoisotopic (exact) mass is 306 g/mol. The van der Waals surface area contributed by atoms with Crippen LogP contribution in [0.5, 0.6) is 0 Å². The summed E-state index contributed by atoms with van der Waals surface area (Å²) in [6.45, 7) is 5.22. The first kappa shape index (κ1) is 16.6. The average Bonchev–Trinajstić information content (AvgIpc) is 2.85. The third kappa shape index (κ3) is 4.24. The second-order valence-corrected chi connectivity index (χ2v) is 7.17. The fourth-order valence-electron chi connectivity index (χ4n) is 1.57. The second kappa shape index (κ2) is 7.33. The molecular formula is C12H22N2O3S2. The van der Waals surface area contributed by atoms with Gasteiger partial charge in [0.2, 0.25) is 5.09 Å². The van der Waals surface area contributed by atoms with Crippen molar-refractivity contribution in [1.29, 1.82) is 0 Å². The molecule has 1 atom stereocenters. The predicted molar refractivity (Wildman–Crippen MR) is 78.9 cm³/mol. The Morgan fingerprint density at radius 1 is 1.47 bits per heavy atom. The summed E-state index contributed by atoms with van der Waals surface area (Å²) in [5.74, 6) is 1.38. The van der Waals surface area contributed by atoms with E-state index >= 15 is 0 Å². The number of nitrogens with zero attached hydrogens (tertiary/aromatic N) is 1. The van der Waals surface area contributed by atoms with Gasteiger partial charge in [-0.15, -0.1) is 0 Å². The van der Waals surface area contributed by atoms with E-state index in [4.69, 9.17) is 4.42 Å². The van der Waals surface area contributed by atoms with Crippen LogP contribution in [0.1, 0.15) is 19.6 Å². The molecule has 0 aliphatic heterocycles. The molecule has 1 unspecified atom stereocenters. The molecule has 0 aliphatic rings. The molecule has 1 aromatic rings. The van der Waals surface area contributed by atoms with Crippen LogP contribution in [-0.4, -0.2) is 44.4 Å². The molecule has 1 aromatic heterocycles. The summed E-state index contributed by atoms with van der Waals surface area (Å²) in [5, 5.41) is 3.11. The summed E-state index contributed by atoms with van der Waals surface area (Å²) in [6.07, 6.45) is 1.96. The lowest BCUT2D eigenvalue weighted by Gasteiger charge is -2.22. The van der Waals surface area contributed by atoms with Gasteiger partial charge in [-0.1, -0.05) is 6.92 Å². The van der Waals surface area contributed by atoms with Gasteiger partial charge in [-0.3, -0.25) is 0 Å². The number of sulfonamides is 1. The molecule has 0 aromatic carbocycles. The van der Waals surface area contributed by atoms with Crippen molar-refractivity contribution in [3.8, 4) is 0 Å². The van der Waals surface area contributed by atoms with Crippen LogP contribution in [0.2, 0.25) is 0 Å². The largest absolute Gasteiger partial charge is 0.447 e. The van der Waals surface area contributed by atoms with E-state index in [2.05, 4.69) is 5.32 Å². The summed E-state index contributed by atoms with van der Waals surface area (Å²) < 4.78 is 31.4. The Kier molecular flexibility index (Phi) is 6.38. The molecule has 0 fully saturated rings. The van der Waals surface area contributed by atoms with Gasteiger partial charge in [0, 0.05) is 18.8 Å². The van der Waals surface area contributed by atoms with E-state index in [0.717, 1.165) is 12.3 Å². The maximum atomic E-state index is 12.3. The van der Waals surface area contributed by atoms with Crippen molar-refractivity contribution in [2.24, 2.45) is 0 Å². The molecule has 1 rings (SSSR count). The highest BCUT2D eigenvalue weighted by Crippen LogP contribution is 2.20. The van der Waals surface area contributed by atoms with Crippen LogP contribution >= 0.6 is 11.8 Å². The summed E-state index contributed by atoms with van der Waals surface area (Å²) >= 11 is 1.62. The van der Waals surface area contributed by atoms with E-state index in [-0.39, 0.29) is 11.1 Å². The number of rotatable bonds is 8. The molecule has 0 amide bonds. The van der Waals surface area contributed by atoms with Gasteiger partial charge in [0.15, 0.2) is 0 Å². The van der Waals surface area contributed by atoms with E-state index in [1.807, 2.05) is 20.1 Å². The first-order valence-corrected chi connectivity index (χ1v) is 9.03. The number of thioether (sulfide) groups is 1. The molecule has 0 spiro atoms. The summed E-state index contributed by atoms with van der Waals surface area (Å²) in [4.78, 5) is 0. The Morgan fingerprint density at radius 2 is 2.16 bits per heavy atom. The smallest absolute Gasteiger partial charge is 0.276 e. The zero-order chi connectivity index (χ0) is 14.5. The minimum atomic E-state index is -3.54. The molecule has 1 N–H and O–H groups in total. The molecule has 110 valence electrons. The molecule has 0 saturated carbocycles. The third-order valence-electron chi connectivity index (χ3n) is 2.85. The van der Waals surface area contributed by atoms with Crippen molar-refractivity contribution in [2.75, 3.05) is 25.6 Å². The Bertz CT molecular complexity index is 485. The number of furan rings is 1. The van der Waals surface area contributed by atoms with Crippen molar-refractivity contribution < 1.29 is 12.8 Å². The van der Waals surface area contributed by atoms with Crippen molar-refractivity contribution in [1.82, 2.24) is 9.62 Å². The lowest BCUT2D eigenvalue weighted by Crippen LogP contribution is -2.36. The van der Waals surface area contributed by atoms with Crippen molar-refractivity contribution in [3.05, 3.63) is 17.9 Å². The molecule has 19 heavy (non-hydrogen) atoms. The molecule has 7 heteroatoms. The van der Waals surface area contributed by atoms with Crippen LogP contribution in [-0.2, 0) is 16.6 Å². The van der Waals surface area contributed by atoms with E-state index in [1.54, 1.807) is 24.9 Å². The molecule has 0 aliphatic carbocycles. The average molecular weight is 306 g/mol. The standard InChI is InChI=1S/C12H22N2O3S2/c1-5-13-8-11-6-7-12(17-11)19(15,16)14(3)10(2)9-18-4/h6-7,10,13H,5,8-9H2,1-4H3. The zero-order valence-electron chi connectivity index (χ0n) is 11.8. The molecule has 0 radical (unpaired) electrons. The van der Waals surface area contributed by atoms with Crippen molar-refractivity contribution in [2.45, 2.75) is 31.5 Å². The SMILES string of the molecule is CCNCc1ccc(S(=O)(=O)N(C)C(C)CSC)o1. The Hall–Kier alpha value is -0.500. The summed E-state index contributed by atoms with van der Waals surface area (Å²) in [7, 11) is -1.95. The summed E-state index contributed by atoms with van der Waals surface area (Å²) in [6, 6.07) is 3.15. The van der Waals surface area contributed by atoms with E-state index in [9.17, 15) is 8.42 Å². The molecule has 0 bridgehead atoms. The van der Waals surface area contributed by atoms with Gasteiger partial charge >= 0.3 is 0 Å². The molecule has 1 heterocycles. The van der Waals surface area contributed by atoms with Crippen LogP contribution in [0.15, 0.2) is 21.6 Å². The highest BCUT2D eigenvalue weighted by atomic mass is 32.2. The molecular weight excluding hydrogens is 284 g/mol. The van der Waals surface area contributed by atoms with Gasteiger partial charge in [-0.05, 0) is 31.9 Å². The maximum absolute atomic E-state index is 12.3. The fourth-order valence-corrected chi connectivity index (χ4v) is 3.65. The van der Waals surface area contributed by atoms with Crippen molar-refractivity contribution >= 4 is 21.8 Å². The molecule has 5 nitrogen and oxygen atoms in total.